The minimum Gasteiger partial charge on any atom is -0.462 e. The number of esters is 1. The van der Waals surface area contributed by atoms with Crippen molar-refractivity contribution in [2.75, 3.05) is 11.9 Å². The summed E-state index contributed by atoms with van der Waals surface area (Å²) in [6.45, 7) is 6.04. The van der Waals surface area contributed by atoms with Crippen LogP contribution in [0.5, 0.6) is 0 Å². The number of carbonyl (C=O) groups excluding carboxylic acids is 2. The number of fused-ring (bicyclic) bond motifs is 1. The number of rotatable bonds is 6. The van der Waals surface area contributed by atoms with Crippen molar-refractivity contribution in [2.45, 2.75) is 33.6 Å². The Morgan fingerprint density at radius 1 is 1.23 bits per heavy atom. The van der Waals surface area contributed by atoms with Gasteiger partial charge in [0.1, 0.15) is 5.00 Å². The summed E-state index contributed by atoms with van der Waals surface area (Å²) in [6, 6.07) is 7.87. The molecule has 3 aromatic rings. The molecule has 0 saturated heterocycles. The lowest BCUT2D eigenvalue weighted by Gasteiger charge is -2.08. The van der Waals surface area contributed by atoms with Gasteiger partial charge in [0.25, 0.3) is 0 Å². The minimum atomic E-state index is -0.379. The van der Waals surface area contributed by atoms with Crippen LogP contribution in [0.3, 0.4) is 0 Å². The largest absolute Gasteiger partial charge is 0.462 e. The number of ether oxygens (including phenoxy) is 1. The van der Waals surface area contributed by atoms with E-state index in [1.807, 2.05) is 44.3 Å². The fourth-order valence-corrected chi connectivity index (χ4v) is 4.28. The Morgan fingerprint density at radius 3 is 2.73 bits per heavy atom. The molecule has 1 aromatic carbocycles. The van der Waals surface area contributed by atoms with Crippen molar-refractivity contribution in [3.63, 3.8) is 0 Å². The van der Waals surface area contributed by atoms with Gasteiger partial charge in [-0.05, 0) is 37.5 Å². The predicted molar refractivity (Wildman–Crippen MR) is 105 cm³/mol. The van der Waals surface area contributed by atoms with E-state index in [2.05, 4.69) is 10.3 Å². The highest BCUT2D eigenvalue weighted by Gasteiger charge is 2.23. The van der Waals surface area contributed by atoms with Crippen LogP contribution < -0.4 is 5.32 Å². The third-order valence-electron chi connectivity index (χ3n) is 4.32. The molecule has 6 heteroatoms. The van der Waals surface area contributed by atoms with Crippen LogP contribution in [0.4, 0.5) is 5.00 Å². The number of aromatic nitrogens is 1. The molecule has 0 aliphatic carbocycles. The van der Waals surface area contributed by atoms with Gasteiger partial charge in [0, 0.05) is 22.0 Å². The first-order valence-corrected chi connectivity index (χ1v) is 9.51. The molecule has 2 heterocycles. The average molecular weight is 370 g/mol. The number of aryl methyl sites for hydroxylation is 1. The number of amides is 1. The van der Waals surface area contributed by atoms with Gasteiger partial charge in [0.2, 0.25) is 5.91 Å². The zero-order valence-corrected chi connectivity index (χ0v) is 16.0. The van der Waals surface area contributed by atoms with Crippen molar-refractivity contribution in [3.8, 4) is 0 Å². The van der Waals surface area contributed by atoms with E-state index in [-0.39, 0.29) is 18.3 Å². The summed E-state index contributed by atoms with van der Waals surface area (Å²) in [6.07, 6.45) is 2.81. The zero-order valence-electron chi connectivity index (χ0n) is 15.1. The molecule has 3 rings (SSSR count). The molecule has 2 N–H and O–H groups in total. The van der Waals surface area contributed by atoms with Gasteiger partial charge >= 0.3 is 5.97 Å². The van der Waals surface area contributed by atoms with Crippen LogP contribution in [-0.2, 0) is 22.4 Å². The van der Waals surface area contributed by atoms with Gasteiger partial charge in [0.15, 0.2) is 0 Å². The molecule has 0 atom stereocenters. The number of carbonyl (C=O) groups is 2. The SMILES string of the molecule is CCOC(=O)c1c(NC(=O)Cc2c[nH]c3ccccc23)sc(C)c1CC. The maximum Gasteiger partial charge on any atom is 0.341 e. The summed E-state index contributed by atoms with van der Waals surface area (Å²) in [4.78, 5) is 29.2. The highest BCUT2D eigenvalue weighted by molar-refractivity contribution is 7.16. The van der Waals surface area contributed by atoms with E-state index in [4.69, 9.17) is 4.74 Å². The first-order chi connectivity index (χ1) is 12.5. The second-order valence-corrected chi connectivity index (χ2v) is 7.22. The van der Waals surface area contributed by atoms with Crippen molar-refractivity contribution in [2.24, 2.45) is 0 Å². The van der Waals surface area contributed by atoms with Crippen LogP contribution >= 0.6 is 11.3 Å². The van der Waals surface area contributed by atoms with Crippen LogP contribution in [0.25, 0.3) is 10.9 Å². The van der Waals surface area contributed by atoms with E-state index in [1.54, 1.807) is 6.92 Å². The Balaban J connectivity index is 1.84. The molecule has 5 nitrogen and oxygen atoms in total. The fraction of sp³-hybridized carbons (Fsp3) is 0.300. The quantitative estimate of drug-likeness (QED) is 0.629. The van der Waals surface area contributed by atoms with Crippen molar-refractivity contribution in [1.29, 1.82) is 0 Å². The van der Waals surface area contributed by atoms with Gasteiger partial charge in [-0.1, -0.05) is 25.1 Å². The molecular formula is C20H22N2O3S. The topological polar surface area (TPSA) is 71.2 Å². The van der Waals surface area contributed by atoms with E-state index in [0.717, 1.165) is 33.3 Å². The molecule has 2 aromatic heterocycles. The standard InChI is InChI=1S/C20H22N2O3S/c1-4-14-12(3)26-19(18(14)20(24)25-5-2)22-17(23)10-13-11-21-16-9-7-6-8-15(13)16/h6-9,11,21H,4-5,10H2,1-3H3,(H,22,23). The second kappa shape index (κ2) is 7.74. The van der Waals surface area contributed by atoms with Gasteiger partial charge < -0.3 is 15.0 Å². The lowest BCUT2D eigenvalue weighted by atomic mass is 10.1. The molecule has 0 unspecified atom stereocenters. The second-order valence-electron chi connectivity index (χ2n) is 6.00. The molecule has 136 valence electrons. The van der Waals surface area contributed by atoms with Crippen molar-refractivity contribution < 1.29 is 14.3 Å². The van der Waals surface area contributed by atoms with Crippen LogP contribution in [0, 0.1) is 6.92 Å². The van der Waals surface area contributed by atoms with E-state index >= 15 is 0 Å². The maximum absolute atomic E-state index is 12.6. The number of para-hydroxylation sites is 1. The number of nitrogens with one attached hydrogen (secondary N) is 2. The van der Waals surface area contributed by atoms with Gasteiger partial charge in [-0.25, -0.2) is 4.79 Å². The highest BCUT2D eigenvalue weighted by Crippen LogP contribution is 2.34. The lowest BCUT2D eigenvalue weighted by Crippen LogP contribution is -2.16. The third kappa shape index (κ3) is 3.51. The minimum absolute atomic E-state index is 0.149. The Hall–Kier alpha value is -2.60. The summed E-state index contributed by atoms with van der Waals surface area (Å²) in [7, 11) is 0. The first-order valence-electron chi connectivity index (χ1n) is 8.69. The summed E-state index contributed by atoms with van der Waals surface area (Å²) < 4.78 is 5.18. The number of benzene rings is 1. The van der Waals surface area contributed by atoms with Crippen molar-refractivity contribution in [1.82, 2.24) is 4.98 Å². The molecular weight excluding hydrogens is 348 g/mol. The van der Waals surface area contributed by atoms with E-state index in [9.17, 15) is 9.59 Å². The van der Waals surface area contributed by atoms with E-state index in [0.29, 0.717) is 17.2 Å². The predicted octanol–water partition coefficient (Wildman–Crippen LogP) is 4.46. The monoisotopic (exact) mass is 370 g/mol. The molecule has 0 spiro atoms. The number of H-pyrrole nitrogens is 1. The van der Waals surface area contributed by atoms with Gasteiger partial charge in [-0.2, -0.15) is 0 Å². The Bertz CT molecular complexity index is 955. The normalized spacial score (nSPS) is 10.9. The Kier molecular flexibility index (Phi) is 5.42. The van der Waals surface area contributed by atoms with Crippen molar-refractivity contribution in [3.05, 3.63) is 52.0 Å². The molecule has 0 saturated carbocycles. The number of anilines is 1. The molecule has 0 aliphatic heterocycles. The molecule has 0 bridgehead atoms. The number of hydrogen-bond donors (Lipinski definition) is 2. The molecule has 0 radical (unpaired) electrons. The Labute approximate surface area is 156 Å². The zero-order chi connectivity index (χ0) is 18.7. The molecule has 0 fully saturated rings. The Morgan fingerprint density at radius 2 is 2.00 bits per heavy atom. The van der Waals surface area contributed by atoms with Gasteiger partial charge in [-0.3, -0.25) is 4.79 Å². The van der Waals surface area contributed by atoms with Gasteiger partial charge in [-0.15, -0.1) is 11.3 Å². The summed E-state index contributed by atoms with van der Waals surface area (Å²) in [5.41, 5.74) is 3.36. The van der Waals surface area contributed by atoms with E-state index in [1.165, 1.54) is 11.3 Å². The highest BCUT2D eigenvalue weighted by atomic mass is 32.1. The smallest absolute Gasteiger partial charge is 0.341 e. The average Bonchev–Trinajstić information content (AvgIpc) is 3.15. The van der Waals surface area contributed by atoms with Crippen LogP contribution in [0.15, 0.2) is 30.5 Å². The van der Waals surface area contributed by atoms with Gasteiger partial charge in [0.05, 0.1) is 18.6 Å². The van der Waals surface area contributed by atoms with Crippen LogP contribution in [0.1, 0.15) is 40.2 Å². The summed E-state index contributed by atoms with van der Waals surface area (Å²) in [5.74, 6) is -0.528. The molecule has 1 amide bonds. The van der Waals surface area contributed by atoms with Crippen LogP contribution in [0.2, 0.25) is 0 Å². The number of thiophene rings is 1. The third-order valence-corrected chi connectivity index (χ3v) is 5.38. The molecule has 26 heavy (non-hydrogen) atoms. The summed E-state index contributed by atoms with van der Waals surface area (Å²) in [5, 5.41) is 4.52. The summed E-state index contributed by atoms with van der Waals surface area (Å²) >= 11 is 1.42. The van der Waals surface area contributed by atoms with E-state index < -0.39 is 0 Å². The van der Waals surface area contributed by atoms with Crippen LogP contribution in [-0.4, -0.2) is 23.5 Å². The maximum atomic E-state index is 12.6. The van der Waals surface area contributed by atoms with Crippen molar-refractivity contribution >= 4 is 39.1 Å². The lowest BCUT2D eigenvalue weighted by molar-refractivity contribution is -0.115. The first kappa shape index (κ1) is 18.2. The number of aromatic amines is 1. The fourth-order valence-electron chi connectivity index (χ4n) is 3.13. The number of hydrogen-bond acceptors (Lipinski definition) is 4. The molecule has 0 aliphatic rings.